The van der Waals surface area contributed by atoms with Crippen LogP contribution in [0.5, 0.6) is 0 Å². The molecule has 3 N–H and O–H groups in total. The van der Waals surface area contributed by atoms with Crippen molar-refractivity contribution >= 4 is 17.6 Å². The summed E-state index contributed by atoms with van der Waals surface area (Å²) in [5.41, 5.74) is 1.78. The molecule has 28 heavy (non-hydrogen) atoms. The first-order chi connectivity index (χ1) is 13.3. The number of carbonyl (C=O) groups excluding carboxylic acids is 1. The van der Waals surface area contributed by atoms with Crippen molar-refractivity contribution in [1.29, 1.82) is 0 Å². The van der Waals surface area contributed by atoms with Crippen LogP contribution in [0.25, 0.3) is 0 Å². The Morgan fingerprint density at radius 2 is 2.00 bits per heavy atom. The number of fused-ring (bicyclic) bond motifs is 1. The topological polar surface area (TPSA) is 98.8 Å². The van der Waals surface area contributed by atoms with E-state index in [1.165, 1.54) is 18.2 Å². The summed E-state index contributed by atoms with van der Waals surface area (Å²) in [7, 11) is 0. The first-order valence-electron chi connectivity index (χ1n) is 8.31. The van der Waals surface area contributed by atoms with E-state index < -0.39 is 35.4 Å². The second kappa shape index (κ2) is 6.48. The van der Waals surface area contributed by atoms with Crippen LogP contribution in [-0.4, -0.2) is 42.4 Å². The number of halogens is 3. The lowest BCUT2D eigenvalue weighted by Gasteiger charge is -2.38. The fourth-order valence-electron chi connectivity index (χ4n) is 3.32. The summed E-state index contributed by atoms with van der Waals surface area (Å²) in [4.78, 5) is 20.0. The molecule has 1 amide bonds. The Morgan fingerprint density at radius 1 is 1.18 bits per heavy atom. The van der Waals surface area contributed by atoms with Gasteiger partial charge in [0.1, 0.15) is 23.9 Å². The van der Waals surface area contributed by atoms with Gasteiger partial charge in [-0.15, -0.1) is 0 Å². The van der Waals surface area contributed by atoms with Crippen LogP contribution in [0.4, 0.5) is 18.9 Å². The number of nitrogens with two attached hydrogens (primary N) is 1. The first-order valence-corrected chi connectivity index (χ1v) is 8.31. The van der Waals surface area contributed by atoms with Gasteiger partial charge in [0.15, 0.2) is 11.2 Å². The van der Waals surface area contributed by atoms with Crippen LogP contribution < -0.4 is 11.1 Å². The quantitative estimate of drug-likeness (QED) is 0.831. The molecule has 2 atom stereocenters. The van der Waals surface area contributed by atoms with Gasteiger partial charge in [0.05, 0.1) is 19.4 Å². The number of nitrogens with zero attached hydrogens (tertiary/aromatic N) is 2. The molecule has 0 radical (unpaired) electrons. The van der Waals surface area contributed by atoms with Crippen molar-refractivity contribution in [2.45, 2.75) is 11.2 Å². The zero-order valence-corrected chi connectivity index (χ0v) is 14.4. The standard InChI is InChI=1S/C18H15F3N4O3/c19-10-1-4-14(23-6-10)15(26)24-11-2-3-13(20)12(5-11)18-9-27-7-17(18,21)8-28-16(22)25-18/h1-6H,7-9H2,(H2,22,25)(H,24,26)/t17-,18-/m1/s1. The summed E-state index contributed by atoms with van der Waals surface area (Å²) in [6, 6.07) is 5.67. The van der Waals surface area contributed by atoms with Gasteiger partial charge in [-0.05, 0) is 30.3 Å². The average Bonchev–Trinajstić information content (AvgIpc) is 3.01. The molecular weight excluding hydrogens is 377 g/mol. The third-order valence-electron chi connectivity index (χ3n) is 4.76. The minimum atomic E-state index is -2.11. The van der Waals surface area contributed by atoms with Crippen molar-refractivity contribution in [3.63, 3.8) is 0 Å². The maximum Gasteiger partial charge on any atom is 0.283 e. The van der Waals surface area contributed by atoms with E-state index in [0.29, 0.717) is 0 Å². The Kier molecular flexibility index (Phi) is 4.22. The molecule has 0 aliphatic carbocycles. The third kappa shape index (κ3) is 2.85. The predicted octanol–water partition coefficient (Wildman–Crippen LogP) is 1.89. The molecule has 0 unspecified atom stereocenters. The minimum absolute atomic E-state index is 0.0391. The molecule has 7 nitrogen and oxygen atoms in total. The number of anilines is 1. The van der Waals surface area contributed by atoms with Crippen molar-refractivity contribution in [1.82, 2.24) is 4.98 Å². The number of benzene rings is 1. The summed E-state index contributed by atoms with van der Waals surface area (Å²) in [6.07, 6.45) is 0.900. The van der Waals surface area contributed by atoms with Gasteiger partial charge in [0.25, 0.3) is 11.9 Å². The molecule has 4 rings (SSSR count). The van der Waals surface area contributed by atoms with Crippen molar-refractivity contribution < 1.29 is 27.4 Å². The number of hydrogen-bond acceptors (Lipinski definition) is 6. The van der Waals surface area contributed by atoms with E-state index in [2.05, 4.69) is 15.3 Å². The molecule has 1 fully saturated rings. The van der Waals surface area contributed by atoms with Crippen LogP contribution in [0.15, 0.2) is 41.5 Å². The number of aliphatic imine (C=N–C) groups is 1. The third-order valence-corrected chi connectivity index (χ3v) is 4.76. The van der Waals surface area contributed by atoms with Crippen molar-refractivity contribution in [2.75, 3.05) is 25.1 Å². The van der Waals surface area contributed by atoms with Gasteiger partial charge in [-0.1, -0.05) is 0 Å². The van der Waals surface area contributed by atoms with E-state index >= 15 is 4.39 Å². The smallest absolute Gasteiger partial charge is 0.283 e. The maximum absolute atomic E-state index is 15.4. The largest absolute Gasteiger partial charge is 0.462 e. The fourth-order valence-corrected chi connectivity index (χ4v) is 3.32. The second-order valence-corrected chi connectivity index (χ2v) is 6.57. The Hall–Kier alpha value is -3.14. The highest BCUT2D eigenvalue weighted by Gasteiger charge is 2.62. The first kappa shape index (κ1) is 18.2. The zero-order chi connectivity index (χ0) is 19.9. The summed E-state index contributed by atoms with van der Waals surface area (Å²) < 4.78 is 53.3. The van der Waals surface area contributed by atoms with Crippen LogP contribution in [0.3, 0.4) is 0 Å². The number of nitrogens with one attached hydrogen (secondary N) is 1. The fraction of sp³-hybridized carbons (Fsp3) is 0.278. The number of hydrogen-bond donors (Lipinski definition) is 2. The Morgan fingerprint density at radius 3 is 2.75 bits per heavy atom. The summed E-state index contributed by atoms with van der Waals surface area (Å²) >= 11 is 0. The van der Waals surface area contributed by atoms with Gasteiger partial charge >= 0.3 is 0 Å². The Labute approximate surface area is 157 Å². The number of rotatable bonds is 3. The van der Waals surface area contributed by atoms with Crippen LogP contribution >= 0.6 is 0 Å². The van der Waals surface area contributed by atoms with Crippen LogP contribution in [-0.2, 0) is 15.0 Å². The second-order valence-electron chi connectivity index (χ2n) is 6.57. The Balaban J connectivity index is 1.70. The molecule has 2 aromatic rings. The Bertz CT molecular complexity index is 969. The van der Waals surface area contributed by atoms with E-state index in [0.717, 1.165) is 18.3 Å². The number of pyridine rings is 1. The van der Waals surface area contributed by atoms with E-state index in [-0.39, 0.29) is 36.2 Å². The van der Waals surface area contributed by atoms with E-state index in [1.54, 1.807) is 0 Å². The molecular formula is C18H15F3N4O3. The highest BCUT2D eigenvalue weighted by molar-refractivity contribution is 6.02. The van der Waals surface area contributed by atoms with Crippen molar-refractivity contribution in [3.8, 4) is 0 Å². The normalized spacial score (nSPS) is 26.2. The van der Waals surface area contributed by atoms with E-state index in [9.17, 15) is 13.6 Å². The van der Waals surface area contributed by atoms with Gasteiger partial charge in [0.2, 0.25) is 0 Å². The summed E-state index contributed by atoms with van der Waals surface area (Å²) in [6.45, 7) is -1.00. The molecule has 1 aromatic carbocycles. The maximum atomic E-state index is 15.4. The predicted molar refractivity (Wildman–Crippen MR) is 92.5 cm³/mol. The lowest BCUT2D eigenvalue weighted by molar-refractivity contribution is 0.00905. The molecule has 146 valence electrons. The van der Waals surface area contributed by atoms with Crippen LogP contribution in [0.1, 0.15) is 16.1 Å². The monoisotopic (exact) mass is 392 g/mol. The van der Waals surface area contributed by atoms with Crippen molar-refractivity contribution in [3.05, 3.63) is 59.4 Å². The van der Waals surface area contributed by atoms with Gasteiger partial charge < -0.3 is 20.5 Å². The SMILES string of the molecule is NC1=N[C@@]2(c3cc(NC(=O)c4ccc(F)cn4)ccc3F)COC[C@@]2(F)CO1. The molecule has 10 heteroatoms. The highest BCUT2D eigenvalue weighted by atomic mass is 19.1. The summed E-state index contributed by atoms with van der Waals surface area (Å²) in [5, 5.41) is 2.52. The van der Waals surface area contributed by atoms with E-state index in [4.69, 9.17) is 15.2 Å². The summed E-state index contributed by atoms with van der Waals surface area (Å²) in [5.74, 6) is -1.96. The number of ether oxygens (including phenoxy) is 2. The molecule has 0 bridgehead atoms. The molecule has 2 aliphatic heterocycles. The number of alkyl halides is 1. The minimum Gasteiger partial charge on any atom is -0.462 e. The van der Waals surface area contributed by atoms with Crippen LogP contribution in [0.2, 0.25) is 0 Å². The molecule has 0 spiro atoms. The van der Waals surface area contributed by atoms with Crippen LogP contribution in [0, 0.1) is 11.6 Å². The number of carbonyl (C=O) groups is 1. The lowest BCUT2D eigenvalue weighted by Crippen LogP contribution is -2.55. The number of amides is 1. The molecule has 0 saturated carbocycles. The average molecular weight is 392 g/mol. The van der Waals surface area contributed by atoms with Gasteiger partial charge in [0, 0.05) is 11.3 Å². The molecule has 2 aliphatic rings. The van der Waals surface area contributed by atoms with Crippen molar-refractivity contribution in [2.24, 2.45) is 10.7 Å². The van der Waals surface area contributed by atoms with Gasteiger partial charge in [-0.2, -0.15) is 0 Å². The number of amidine groups is 1. The molecule has 1 aromatic heterocycles. The van der Waals surface area contributed by atoms with Gasteiger partial charge in [-0.3, -0.25) is 4.79 Å². The lowest BCUT2D eigenvalue weighted by atomic mass is 9.78. The molecule has 1 saturated heterocycles. The van der Waals surface area contributed by atoms with E-state index in [1.807, 2.05) is 0 Å². The molecule has 3 heterocycles. The number of aromatic nitrogens is 1. The zero-order valence-electron chi connectivity index (χ0n) is 14.4. The highest BCUT2D eigenvalue weighted by Crippen LogP contribution is 2.48. The van der Waals surface area contributed by atoms with Gasteiger partial charge in [-0.25, -0.2) is 23.1 Å².